The van der Waals surface area contributed by atoms with Gasteiger partial charge in [-0.15, -0.1) is 0 Å². The fraction of sp³-hybridized carbons (Fsp3) is 0.500. The topological polar surface area (TPSA) is 29.1 Å². The summed E-state index contributed by atoms with van der Waals surface area (Å²) < 4.78 is 0. The molecule has 0 radical (unpaired) electrons. The van der Waals surface area contributed by atoms with Gasteiger partial charge >= 0.3 is 0 Å². The molecule has 1 fully saturated rings. The van der Waals surface area contributed by atoms with Gasteiger partial charge in [-0.25, -0.2) is 0 Å². The number of amides is 1. The fourth-order valence-electron chi connectivity index (χ4n) is 3.31. The van der Waals surface area contributed by atoms with Crippen LogP contribution in [0.5, 0.6) is 0 Å². The summed E-state index contributed by atoms with van der Waals surface area (Å²) in [6.07, 6.45) is 3.61. The number of hydrogen-bond donors (Lipinski definition) is 1. The smallest absolute Gasteiger partial charge is 0.220 e. The van der Waals surface area contributed by atoms with Gasteiger partial charge in [0, 0.05) is 22.9 Å². The second-order valence-corrected chi connectivity index (χ2v) is 5.81. The standard InChI is InChI=1S/C14H16ClNO/c1-14-7-6-13(17)16-12(14)5-2-9-8-10(15)3-4-11(9)14/h3-4,8,12H,2,5-7H2,1H3,(H,16,17)/t12-,14+/m1/s1. The van der Waals surface area contributed by atoms with Crippen molar-refractivity contribution in [1.82, 2.24) is 5.32 Å². The Balaban J connectivity index is 2.07. The van der Waals surface area contributed by atoms with Crippen molar-refractivity contribution in [2.75, 3.05) is 0 Å². The summed E-state index contributed by atoms with van der Waals surface area (Å²) in [7, 11) is 0. The van der Waals surface area contributed by atoms with Crippen LogP contribution in [0.25, 0.3) is 0 Å². The lowest BCUT2D eigenvalue weighted by Gasteiger charge is -2.46. The first-order valence-corrected chi connectivity index (χ1v) is 6.56. The van der Waals surface area contributed by atoms with Gasteiger partial charge in [-0.2, -0.15) is 0 Å². The first kappa shape index (κ1) is 11.1. The van der Waals surface area contributed by atoms with Crippen molar-refractivity contribution in [2.24, 2.45) is 0 Å². The van der Waals surface area contributed by atoms with Crippen molar-refractivity contribution in [3.05, 3.63) is 34.3 Å². The van der Waals surface area contributed by atoms with E-state index in [2.05, 4.69) is 24.4 Å². The number of piperidine rings is 1. The highest BCUT2D eigenvalue weighted by molar-refractivity contribution is 6.30. The van der Waals surface area contributed by atoms with E-state index < -0.39 is 0 Å². The van der Waals surface area contributed by atoms with Crippen molar-refractivity contribution in [1.29, 1.82) is 0 Å². The first-order chi connectivity index (χ1) is 8.09. The second kappa shape index (κ2) is 3.74. The van der Waals surface area contributed by atoms with Crippen LogP contribution < -0.4 is 5.32 Å². The van der Waals surface area contributed by atoms with Crippen molar-refractivity contribution in [2.45, 2.75) is 44.1 Å². The molecule has 17 heavy (non-hydrogen) atoms. The predicted molar refractivity (Wildman–Crippen MR) is 68.3 cm³/mol. The zero-order valence-electron chi connectivity index (χ0n) is 9.92. The lowest BCUT2D eigenvalue weighted by atomic mass is 9.64. The summed E-state index contributed by atoms with van der Waals surface area (Å²) in [6, 6.07) is 6.47. The van der Waals surface area contributed by atoms with Crippen LogP contribution in [0.2, 0.25) is 5.02 Å². The quantitative estimate of drug-likeness (QED) is 0.753. The molecule has 2 nitrogen and oxygen atoms in total. The highest BCUT2D eigenvalue weighted by atomic mass is 35.5. The van der Waals surface area contributed by atoms with Crippen LogP contribution in [0.3, 0.4) is 0 Å². The molecule has 3 rings (SSSR count). The molecule has 1 N–H and O–H groups in total. The monoisotopic (exact) mass is 249 g/mol. The van der Waals surface area contributed by atoms with Crippen LogP contribution in [-0.2, 0) is 16.6 Å². The molecule has 0 saturated carbocycles. The molecule has 0 bridgehead atoms. The molecule has 90 valence electrons. The summed E-state index contributed by atoms with van der Waals surface area (Å²) in [5.41, 5.74) is 2.82. The number of rotatable bonds is 0. The minimum Gasteiger partial charge on any atom is -0.352 e. The van der Waals surface area contributed by atoms with Gasteiger partial charge in [0.1, 0.15) is 0 Å². The number of fused-ring (bicyclic) bond motifs is 3. The van der Waals surface area contributed by atoms with Crippen LogP contribution in [0.4, 0.5) is 0 Å². The van der Waals surface area contributed by atoms with E-state index >= 15 is 0 Å². The number of halogens is 1. The molecule has 2 aliphatic rings. The van der Waals surface area contributed by atoms with E-state index in [4.69, 9.17) is 11.6 Å². The van der Waals surface area contributed by atoms with Crippen LogP contribution in [-0.4, -0.2) is 11.9 Å². The van der Waals surface area contributed by atoms with Gasteiger partial charge in [-0.05, 0) is 42.5 Å². The number of nitrogens with one attached hydrogen (secondary N) is 1. The average Bonchev–Trinajstić information content (AvgIpc) is 2.30. The Bertz CT molecular complexity index is 485. The molecule has 3 heteroatoms. The molecule has 2 atom stereocenters. The van der Waals surface area contributed by atoms with E-state index in [0.29, 0.717) is 6.42 Å². The highest BCUT2D eigenvalue weighted by Crippen LogP contribution is 2.43. The maximum absolute atomic E-state index is 11.5. The van der Waals surface area contributed by atoms with Crippen molar-refractivity contribution in [3.8, 4) is 0 Å². The van der Waals surface area contributed by atoms with E-state index in [0.717, 1.165) is 24.3 Å². The average molecular weight is 250 g/mol. The number of carbonyl (C=O) groups is 1. The van der Waals surface area contributed by atoms with Gasteiger partial charge < -0.3 is 5.32 Å². The molecule has 1 saturated heterocycles. The minimum atomic E-state index is 0.0894. The number of carbonyl (C=O) groups excluding carboxylic acids is 1. The maximum atomic E-state index is 11.5. The Morgan fingerprint density at radius 1 is 1.41 bits per heavy atom. The fourth-order valence-corrected chi connectivity index (χ4v) is 3.51. The third kappa shape index (κ3) is 1.66. The summed E-state index contributed by atoms with van der Waals surface area (Å²) in [4.78, 5) is 11.5. The third-order valence-corrected chi connectivity index (χ3v) is 4.60. The normalized spacial score (nSPS) is 31.4. The Morgan fingerprint density at radius 2 is 2.24 bits per heavy atom. The second-order valence-electron chi connectivity index (χ2n) is 5.38. The third-order valence-electron chi connectivity index (χ3n) is 4.36. The molecular weight excluding hydrogens is 234 g/mol. The van der Waals surface area contributed by atoms with E-state index in [1.807, 2.05) is 6.07 Å². The lowest BCUT2D eigenvalue weighted by Crippen LogP contribution is -2.55. The molecule has 1 amide bonds. The molecule has 1 aliphatic heterocycles. The summed E-state index contributed by atoms with van der Waals surface area (Å²) in [5.74, 6) is 0.199. The predicted octanol–water partition coefficient (Wildman–Crippen LogP) is 2.82. The van der Waals surface area contributed by atoms with Crippen LogP contribution in [0, 0.1) is 0 Å². The SMILES string of the molecule is C[C@@]12CCC(=O)N[C@@H]1CCc1cc(Cl)ccc12. The maximum Gasteiger partial charge on any atom is 0.220 e. The van der Waals surface area contributed by atoms with Crippen molar-refractivity contribution in [3.63, 3.8) is 0 Å². The summed E-state index contributed by atoms with van der Waals surface area (Å²) in [6.45, 7) is 2.27. The lowest BCUT2D eigenvalue weighted by molar-refractivity contribution is -0.125. The molecule has 1 heterocycles. The van der Waals surface area contributed by atoms with E-state index in [1.165, 1.54) is 11.1 Å². The number of hydrogen-bond acceptors (Lipinski definition) is 1. The highest BCUT2D eigenvalue weighted by Gasteiger charge is 2.43. The Hall–Kier alpha value is -1.02. The van der Waals surface area contributed by atoms with Crippen molar-refractivity contribution >= 4 is 17.5 Å². The Kier molecular flexibility index (Phi) is 2.44. The van der Waals surface area contributed by atoms with Gasteiger partial charge in [-0.1, -0.05) is 24.6 Å². The first-order valence-electron chi connectivity index (χ1n) is 6.18. The molecular formula is C14H16ClNO. The van der Waals surface area contributed by atoms with Gasteiger partial charge in [0.2, 0.25) is 5.91 Å². The van der Waals surface area contributed by atoms with Gasteiger partial charge in [-0.3, -0.25) is 4.79 Å². The van der Waals surface area contributed by atoms with Gasteiger partial charge in [0.05, 0.1) is 0 Å². The molecule has 0 spiro atoms. The zero-order chi connectivity index (χ0) is 12.0. The number of benzene rings is 1. The zero-order valence-corrected chi connectivity index (χ0v) is 10.7. The summed E-state index contributed by atoms with van der Waals surface area (Å²) in [5, 5.41) is 3.95. The molecule has 1 aromatic carbocycles. The summed E-state index contributed by atoms with van der Waals surface area (Å²) >= 11 is 6.05. The van der Waals surface area contributed by atoms with E-state index in [9.17, 15) is 4.79 Å². The van der Waals surface area contributed by atoms with Gasteiger partial charge in [0.15, 0.2) is 0 Å². The Morgan fingerprint density at radius 3 is 3.06 bits per heavy atom. The van der Waals surface area contributed by atoms with Crippen LogP contribution in [0.15, 0.2) is 18.2 Å². The van der Waals surface area contributed by atoms with Crippen molar-refractivity contribution < 1.29 is 4.79 Å². The largest absolute Gasteiger partial charge is 0.352 e. The Labute approximate surface area is 106 Å². The molecule has 1 aliphatic carbocycles. The van der Waals surface area contributed by atoms with E-state index in [-0.39, 0.29) is 17.4 Å². The number of aryl methyl sites for hydroxylation is 1. The minimum absolute atomic E-state index is 0.0894. The van der Waals surface area contributed by atoms with Crippen LogP contribution >= 0.6 is 11.6 Å². The van der Waals surface area contributed by atoms with Gasteiger partial charge in [0.25, 0.3) is 0 Å². The molecule has 0 unspecified atom stereocenters. The molecule has 1 aromatic rings. The van der Waals surface area contributed by atoms with E-state index in [1.54, 1.807) is 0 Å². The molecule has 0 aromatic heterocycles. The van der Waals surface area contributed by atoms with Crippen LogP contribution in [0.1, 0.15) is 37.3 Å².